The van der Waals surface area contributed by atoms with Gasteiger partial charge in [0.1, 0.15) is 12.0 Å². The molecule has 7 heteroatoms. The van der Waals surface area contributed by atoms with E-state index in [0.717, 1.165) is 23.2 Å². The zero-order chi connectivity index (χ0) is 21.5. The van der Waals surface area contributed by atoms with E-state index in [0.29, 0.717) is 33.7 Å². The number of nitrogens with zero attached hydrogens (tertiary/aromatic N) is 2. The average molecular weight is 441 g/mol. The molecule has 1 aliphatic rings. The molecule has 5 nitrogen and oxygen atoms in total. The van der Waals surface area contributed by atoms with E-state index in [-0.39, 0.29) is 5.91 Å². The van der Waals surface area contributed by atoms with Gasteiger partial charge in [-0.1, -0.05) is 42.8 Å². The first-order valence-electron chi connectivity index (χ1n) is 9.45. The largest absolute Gasteiger partial charge is 0.463 e. The predicted octanol–water partition coefficient (Wildman–Crippen LogP) is 5.63. The average Bonchev–Trinajstić information content (AvgIpc) is 3.03. The third-order valence-corrected chi connectivity index (χ3v) is 5.54. The van der Waals surface area contributed by atoms with E-state index in [4.69, 9.17) is 16.3 Å². The van der Waals surface area contributed by atoms with Crippen molar-refractivity contribution in [2.75, 3.05) is 11.4 Å². The third kappa shape index (κ3) is 5.01. The molecule has 0 atom stereocenters. The molecule has 0 saturated carbocycles. The van der Waals surface area contributed by atoms with Crippen LogP contribution in [-0.2, 0) is 9.59 Å². The predicted molar refractivity (Wildman–Crippen MR) is 124 cm³/mol. The molecular weight excluding hydrogens is 420 g/mol. The molecule has 1 saturated heterocycles. The molecule has 0 bridgehead atoms. The Morgan fingerprint density at radius 1 is 1.23 bits per heavy atom. The van der Waals surface area contributed by atoms with Crippen molar-refractivity contribution in [2.45, 2.75) is 20.3 Å². The van der Waals surface area contributed by atoms with Crippen molar-refractivity contribution in [2.24, 2.45) is 4.99 Å². The Kier molecular flexibility index (Phi) is 7.49. The van der Waals surface area contributed by atoms with Gasteiger partial charge in [0, 0.05) is 12.6 Å². The van der Waals surface area contributed by atoms with Crippen molar-refractivity contribution >= 4 is 52.5 Å². The number of benzene rings is 2. The maximum absolute atomic E-state index is 13.2. The van der Waals surface area contributed by atoms with Crippen molar-refractivity contribution in [3.8, 4) is 5.75 Å². The number of rotatable bonds is 7. The van der Waals surface area contributed by atoms with Gasteiger partial charge in [0.05, 0.1) is 21.9 Å². The molecule has 0 radical (unpaired) electrons. The number of aryl methyl sites for hydroxylation is 1. The second-order valence-electron chi connectivity index (χ2n) is 6.47. The van der Waals surface area contributed by atoms with E-state index < -0.39 is 0 Å². The number of carbonyl (C=O) groups excluding carboxylic acids is 2. The summed E-state index contributed by atoms with van der Waals surface area (Å²) in [5, 5.41) is 1.05. The quantitative estimate of drug-likeness (QED) is 0.318. The maximum Gasteiger partial charge on any atom is 0.271 e. The highest BCUT2D eigenvalue weighted by atomic mass is 35.5. The topological polar surface area (TPSA) is 59.0 Å². The number of anilines is 1. The van der Waals surface area contributed by atoms with Crippen LogP contribution >= 0.6 is 23.4 Å². The summed E-state index contributed by atoms with van der Waals surface area (Å²) >= 11 is 7.63. The Morgan fingerprint density at radius 2 is 2.03 bits per heavy atom. The molecule has 0 spiro atoms. The molecule has 0 N–H and O–H groups in total. The molecule has 1 heterocycles. The molecule has 1 aliphatic heterocycles. The van der Waals surface area contributed by atoms with Crippen molar-refractivity contribution in [3.63, 3.8) is 0 Å². The minimum absolute atomic E-state index is 0.116. The van der Waals surface area contributed by atoms with Gasteiger partial charge in [-0.3, -0.25) is 19.5 Å². The number of hydrogen-bond donors (Lipinski definition) is 0. The van der Waals surface area contributed by atoms with E-state index in [1.54, 1.807) is 29.2 Å². The standard InChI is InChI=1S/C23H21ClN2O3S/c1-3-11-25-23-26(19-8-5-4-7-16(19)2)22(28)21(30-23)15-17-9-10-20(18(24)14-17)29-13-6-12-27/h4-10,12-15H,3,11H2,1-2H3/b13-6-,21-15+,25-23-. The Bertz CT molecular complexity index is 1050. The number of amides is 1. The number of amidine groups is 1. The van der Waals surface area contributed by atoms with Crippen LogP contribution in [-0.4, -0.2) is 23.9 Å². The van der Waals surface area contributed by atoms with Crippen molar-refractivity contribution in [3.05, 3.63) is 75.9 Å². The molecule has 3 rings (SSSR count). The summed E-state index contributed by atoms with van der Waals surface area (Å²) in [4.78, 5) is 30.4. The Hall–Kier alpha value is -2.83. The summed E-state index contributed by atoms with van der Waals surface area (Å²) in [5.41, 5.74) is 2.60. The summed E-state index contributed by atoms with van der Waals surface area (Å²) in [6.07, 6.45) is 5.81. The molecule has 1 fully saturated rings. The van der Waals surface area contributed by atoms with Gasteiger partial charge in [0.25, 0.3) is 5.91 Å². The summed E-state index contributed by atoms with van der Waals surface area (Å²) in [6, 6.07) is 13.0. The van der Waals surface area contributed by atoms with Gasteiger partial charge < -0.3 is 4.74 Å². The summed E-state index contributed by atoms with van der Waals surface area (Å²) < 4.78 is 5.31. The van der Waals surface area contributed by atoms with Gasteiger partial charge >= 0.3 is 0 Å². The number of aliphatic imine (C=N–C) groups is 1. The molecule has 0 aromatic heterocycles. The Morgan fingerprint density at radius 3 is 2.73 bits per heavy atom. The smallest absolute Gasteiger partial charge is 0.271 e. The molecular formula is C23H21ClN2O3S. The molecule has 0 aliphatic carbocycles. The van der Waals surface area contributed by atoms with E-state index in [2.05, 4.69) is 11.9 Å². The number of carbonyl (C=O) groups is 2. The van der Waals surface area contributed by atoms with Crippen LogP contribution in [0.3, 0.4) is 0 Å². The number of halogens is 1. The van der Waals surface area contributed by atoms with Gasteiger partial charge in [-0.2, -0.15) is 0 Å². The van der Waals surface area contributed by atoms with Gasteiger partial charge in [-0.05, 0) is 60.5 Å². The van der Waals surface area contributed by atoms with Gasteiger partial charge in [0.15, 0.2) is 5.17 Å². The van der Waals surface area contributed by atoms with Crippen molar-refractivity contribution in [1.29, 1.82) is 0 Å². The molecule has 30 heavy (non-hydrogen) atoms. The number of allylic oxidation sites excluding steroid dienone is 1. The molecule has 1 amide bonds. The number of aldehydes is 1. The number of hydrogen-bond acceptors (Lipinski definition) is 5. The third-order valence-electron chi connectivity index (χ3n) is 4.24. The van der Waals surface area contributed by atoms with Crippen LogP contribution in [0.2, 0.25) is 5.02 Å². The van der Waals surface area contributed by atoms with Crippen LogP contribution < -0.4 is 9.64 Å². The van der Waals surface area contributed by atoms with Crippen molar-refractivity contribution in [1.82, 2.24) is 0 Å². The summed E-state index contributed by atoms with van der Waals surface area (Å²) in [7, 11) is 0. The van der Waals surface area contributed by atoms with Crippen LogP contribution in [0.4, 0.5) is 5.69 Å². The maximum atomic E-state index is 13.2. The van der Waals surface area contributed by atoms with E-state index >= 15 is 0 Å². The fourth-order valence-corrected chi connectivity index (χ4v) is 4.04. The van der Waals surface area contributed by atoms with Gasteiger partial charge in [-0.25, -0.2) is 0 Å². The first kappa shape index (κ1) is 21.9. The molecule has 2 aromatic rings. The van der Waals surface area contributed by atoms with E-state index in [1.165, 1.54) is 24.1 Å². The highest BCUT2D eigenvalue weighted by Gasteiger charge is 2.35. The lowest BCUT2D eigenvalue weighted by atomic mass is 10.1. The van der Waals surface area contributed by atoms with Crippen LogP contribution in [0.15, 0.2) is 64.7 Å². The van der Waals surface area contributed by atoms with Gasteiger partial charge in [0.2, 0.25) is 0 Å². The molecule has 0 unspecified atom stereocenters. The zero-order valence-corrected chi connectivity index (χ0v) is 18.2. The summed E-state index contributed by atoms with van der Waals surface area (Å²) in [6.45, 7) is 4.68. The van der Waals surface area contributed by atoms with Crippen molar-refractivity contribution < 1.29 is 14.3 Å². The minimum atomic E-state index is -0.116. The lowest BCUT2D eigenvalue weighted by molar-refractivity contribution is -0.113. The molecule has 154 valence electrons. The molecule has 2 aromatic carbocycles. The fourth-order valence-electron chi connectivity index (χ4n) is 2.81. The minimum Gasteiger partial charge on any atom is -0.463 e. The summed E-state index contributed by atoms with van der Waals surface area (Å²) in [5.74, 6) is 0.309. The number of para-hydroxylation sites is 1. The van der Waals surface area contributed by atoms with Crippen LogP contribution in [0, 0.1) is 6.92 Å². The van der Waals surface area contributed by atoms with E-state index in [1.807, 2.05) is 31.2 Å². The van der Waals surface area contributed by atoms with Gasteiger partial charge in [-0.15, -0.1) is 0 Å². The normalized spacial score (nSPS) is 16.8. The van der Waals surface area contributed by atoms with Crippen LogP contribution in [0.5, 0.6) is 5.75 Å². The second-order valence-corrected chi connectivity index (χ2v) is 7.89. The number of thioether (sulfide) groups is 1. The monoisotopic (exact) mass is 440 g/mol. The highest BCUT2D eigenvalue weighted by Crippen LogP contribution is 2.38. The SMILES string of the molecule is CCC/N=C1\S/C(=C/c2ccc(O/C=C\C=O)c(Cl)c2)C(=O)N1c1ccccc1C. The Balaban J connectivity index is 1.92. The lowest BCUT2D eigenvalue weighted by Gasteiger charge is -2.17. The first-order chi connectivity index (χ1) is 14.5. The fraction of sp³-hybridized carbons (Fsp3) is 0.174. The highest BCUT2D eigenvalue weighted by molar-refractivity contribution is 8.19. The Labute approximate surface area is 185 Å². The first-order valence-corrected chi connectivity index (χ1v) is 10.6. The lowest BCUT2D eigenvalue weighted by Crippen LogP contribution is -2.29. The second kappa shape index (κ2) is 10.3. The number of ether oxygens (including phenoxy) is 1. The zero-order valence-electron chi connectivity index (χ0n) is 16.7. The van der Waals surface area contributed by atoms with Crippen LogP contribution in [0.25, 0.3) is 6.08 Å². The van der Waals surface area contributed by atoms with E-state index in [9.17, 15) is 9.59 Å². The van der Waals surface area contributed by atoms with Crippen LogP contribution in [0.1, 0.15) is 24.5 Å².